The van der Waals surface area contributed by atoms with Crippen LogP contribution in [0, 0.1) is 17.2 Å². The maximum atomic E-state index is 13.6. The maximum absolute atomic E-state index is 13.6. The highest BCUT2D eigenvalue weighted by Crippen LogP contribution is 2.46. The van der Waals surface area contributed by atoms with Gasteiger partial charge < -0.3 is 20.3 Å². The van der Waals surface area contributed by atoms with Crippen molar-refractivity contribution in [1.82, 2.24) is 15.2 Å². The first-order valence-corrected chi connectivity index (χ1v) is 15.4. The van der Waals surface area contributed by atoms with Crippen molar-refractivity contribution >= 4 is 56.5 Å². The molecule has 3 aliphatic rings. The molecule has 44 heavy (non-hydrogen) atoms. The van der Waals surface area contributed by atoms with Crippen molar-refractivity contribution in [3.05, 3.63) is 83.4 Å². The highest BCUT2D eigenvalue weighted by molar-refractivity contribution is 7.21. The molecule has 0 bridgehead atoms. The molecule has 2 fully saturated rings. The Morgan fingerprint density at radius 1 is 1.07 bits per heavy atom. The summed E-state index contributed by atoms with van der Waals surface area (Å²) in [4.78, 5) is 48.8. The molecule has 1 saturated heterocycles. The van der Waals surface area contributed by atoms with Gasteiger partial charge in [-0.3, -0.25) is 14.5 Å². The molecule has 2 N–H and O–H groups in total. The Morgan fingerprint density at radius 3 is 2.59 bits per heavy atom. The van der Waals surface area contributed by atoms with E-state index in [4.69, 9.17) is 4.74 Å². The molecule has 11 heteroatoms. The number of ether oxygens (including phenoxy) is 1. The van der Waals surface area contributed by atoms with Crippen LogP contribution in [0.2, 0.25) is 0 Å². The van der Waals surface area contributed by atoms with Crippen molar-refractivity contribution in [2.24, 2.45) is 5.92 Å². The summed E-state index contributed by atoms with van der Waals surface area (Å²) in [5, 5.41) is 16.2. The zero-order chi connectivity index (χ0) is 30.2. The van der Waals surface area contributed by atoms with E-state index in [-0.39, 0.29) is 23.4 Å². The second kappa shape index (κ2) is 11.5. The second-order valence-corrected chi connectivity index (χ2v) is 12.1. The number of benzene rings is 2. The number of rotatable bonds is 7. The molecule has 0 spiro atoms. The molecule has 1 saturated carbocycles. The van der Waals surface area contributed by atoms with Crippen LogP contribution in [-0.2, 0) is 4.79 Å². The first-order valence-electron chi connectivity index (χ1n) is 14.6. The third-order valence-corrected chi connectivity index (χ3v) is 9.04. The van der Waals surface area contributed by atoms with E-state index >= 15 is 0 Å². The highest BCUT2D eigenvalue weighted by Gasteiger charge is 2.34. The Bertz CT molecular complexity index is 1840. The van der Waals surface area contributed by atoms with Crippen LogP contribution in [0.1, 0.15) is 35.4 Å². The molecule has 7 rings (SSSR count). The normalized spacial score (nSPS) is 18.0. The van der Waals surface area contributed by atoms with Gasteiger partial charge in [0.1, 0.15) is 32.8 Å². The third kappa shape index (κ3) is 5.36. The predicted octanol–water partition coefficient (Wildman–Crippen LogP) is 6.35. The van der Waals surface area contributed by atoms with Crippen LogP contribution in [0.4, 0.5) is 21.9 Å². The number of nitrogens with zero attached hydrogens (tertiary/aromatic N) is 4. The lowest BCUT2D eigenvalue weighted by Crippen LogP contribution is -2.50. The Kier molecular flexibility index (Phi) is 7.20. The zero-order valence-corrected chi connectivity index (χ0v) is 24.5. The van der Waals surface area contributed by atoms with Crippen LogP contribution in [-0.4, -0.2) is 46.9 Å². The number of piperidine rings is 1. The van der Waals surface area contributed by atoms with E-state index in [0.717, 1.165) is 12.8 Å². The van der Waals surface area contributed by atoms with Gasteiger partial charge in [0, 0.05) is 25.3 Å². The first-order chi connectivity index (χ1) is 21.5. The topological polar surface area (TPSA) is 128 Å². The number of para-hydroxylation sites is 1. The number of urea groups is 1. The Labute approximate surface area is 257 Å². The highest BCUT2D eigenvalue weighted by atomic mass is 32.1. The van der Waals surface area contributed by atoms with Gasteiger partial charge in [-0.25, -0.2) is 9.78 Å². The number of pyridine rings is 1. The number of amides is 4. The number of nitriles is 1. The van der Waals surface area contributed by atoms with Crippen LogP contribution in [0.25, 0.3) is 10.2 Å². The minimum Gasteiger partial charge on any atom is -0.457 e. The molecule has 220 valence electrons. The van der Waals surface area contributed by atoms with E-state index in [1.165, 1.54) is 11.3 Å². The summed E-state index contributed by atoms with van der Waals surface area (Å²) in [5.41, 5.74) is 1.87. The molecule has 1 atom stereocenters. The minimum atomic E-state index is -0.393. The van der Waals surface area contributed by atoms with Gasteiger partial charge >= 0.3 is 6.03 Å². The lowest BCUT2D eigenvalue weighted by Gasteiger charge is -2.33. The lowest BCUT2D eigenvalue weighted by atomic mass is 10.0. The Hall–Kier alpha value is -5.21. The molecule has 4 heterocycles. The molecule has 4 amide bonds. The quantitative estimate of drug-likeness (QED) is 0.187. The summed E-state index contributed by atoms with van der Waals surface area (Å²) in [7, 11) is 0. The maximum Gasteiger partial charge on any atom is 0.331 e. The summed E-state index contributed by atoms with van der Waals surface area (Å²) in [5.74, 6) is 1.05. The second-order valence-electron chi connectivity index (χ2n) is 11.1. The van der Waals surface area contributed by atoms with Gasteiger partial charge in [-0.05, 0) is 74.1 Å². The summed E-state index contributed by atoms with van der Waals surface area (Å²) >= 11 is 1.21. The van der Waals surface area contributed by atoms with Crippen LogP contribution < -0.4 is 20.3 Å². The number of thiophene rings is 1. The molecule has 1 unspecified atom stereocenters. The monoisotopic (exact) mass is 604 g/mol. The van der Waals surface area contributed by atoms with Crippen LogP contribution in [0.3, 0.4) is 0 Å². The molecular formula is C33H28N6O4S. The fraction of sp³-hybridized carbons (Fsp3) is 0.242. The molecular weight excluding hydrogens is 576 g/mol. The number of allylic oxidation sites excluding steroid dienone is 1. The van der Waals surface area contributed by atoms with Gasteiger partial charge in [-0.1, -0.05) is 24.3 Å². The van der Waals surface area contributed by atoms with Gasteiger partial charge in [-0.15, -0.1) is 11.3 Å². The van der Waals surface area contributed by atoms with E-state index in [1.54, 1.807) is 40.3 Å². The van der Waals surface area contributed by atoms with Crippen LogP contribution in [0.15, 0.2) is 78.5 Å². The van der Waals surface area contributed by atoms with Gasteiger partial charge in [-0.2, -0.15) is 5.26 Å². The Balaban J connectivity index is 1.10. The van der Waals surface area contributed by atoms with Crippen molar-refractivity contribution in [3.63, 3.8) is 0 Å². The van der Waals surface area contributed by atoms with Crippen molar-refractivity contribution in [2.45, 2.75) is 31.7 Å². The van der Waals surface area contributed by atoms with E-state index < -0.39 is 6.03 Å². The SMILES string of the molecule is N#CC(=CC1CC1)C(=O)N1CCCC(NC(=O)c2sc3nccc4c3c2NC(=O)N4c2ccc(Oc3ccccc3)cc2)C1. The third-order valence-electron chi connectivity index (χ3n) is 7.95. The number of carbonyl (C=O) groups is 3. The molecule has 2 aliphatic heterocycles. The number of hydrogen-bond acceptors (Lipinski definition) is 7. The summed E-state index contributed by atoms with van der Waals surface area (Å²) in [6, 6.07) is 19.8. The average Bonchev–Trinajstić information content (AvgIpc) is 3.80. The predicted molar refractivity (Wildman–Crippen MR) is 167 cm³/mol. The summed E-state index contributed by atoms with van der Waals surface area (Å²) < 4.78 is 5.90. The number of nitrogens with one attached hydrogen (secondary N) is 2. The number of carbonyl (C=O) groups excluding carboxylic acids is 3. The number of hydrogen-bond donors (Lipinski definition) is 2. The van der Waals surface area contributed by atoms with Crippen molar-refractivity contribution in [3.8, 4) is 17.6 Å². The smallest absolute Gasteiger partial charge is 0.331 e. The summed E-state index contributed by atoms with van der Waals surface area (Å²) in [6.07, 6.45) is 6.84. The van der Waals surface area contributed by atoms with Crippen molar-refractivity contribution < 1.29 is 19.1 Å². The molecule has 10 nitrogen and oxygen atoms in total. The average molecular weight is 605 g/mol. The van der Waals surface area contributed by atoms with Crippen molar-refractivity contribution in [1.29, 1.82) is 5.26 Å². The van der Waals surface area contributed by atoms with E-state index in [1.807, 2.05) is 42.5 Å². The van der Waals surface area contributed by atoms with Gasteiger partial charge in [0.2, 0.25) is 0 Å². The van der Waals surface area contributed by atoms with Gasteiger partial charge in [0.15, 0.2) is 0 Å². The first kappa shape index (κ1) is 27.6. The minimum absolute atomic E-state index is 0.178. The number of aromatic nitrogens is 1. The molecule has 2 aromatic heterocycles. The lowest BCUT2D eigenvalue weighted by molar-refractivity contribution is -0.128. The fourth-order valence-electron chi connectivity index (χ4n) is 5.64. The van der Waals surface area contributed by atoms with E-state index in [2.05, 4.69) is 21.7 Å². The molecule has 1 aliphatic carbocycles. The largest absolute Gasteiger partial charge is 0.457 e. The van der Waals surface area contributed by atoms with Crippen LogP contribution >= 0.6 is 11.3 Å². The van der Waals surface area contributed by atoms with E-state index in [0.29, 0.717) is 75.5 Å². The van der Waals surface area contributed by atoms with E-state index in [9.17, 15) is 19.6 Å². The number of likely N-dealkylation sites (tertiary alicyclic amines) is 1. The zero-order valence-electron chi connectivity index (χ0n) is 23.7. The molecule has 2 aromatic carbocycles. The number of anilines is 3. The summed E-state index contributed by atoms with van der Waals surface area (Å²) in [6.45, 7) is 0.865. The standard InChI is InChI=1S/C33H28N6O4S/c34-18-21(17-20-8-9-20)32(41)38-16-4-5-22(19-38)36-30(40)29-28-27-26(14-15-35-31(27)44-29)39(33(42)37-28)23-10-12-25(13-11-23)43-24-6-2-1-3-7-24/h1-3,6-7,10-15,17,20,22H,4-5,8-9,16,19H2,(H,36,40)(H,37,42). The van der Waals surface area contributed by atoms with Gasteiger partial charge in [0.05, 0.1) is 22.4 Å². The molecule has 0 radical (unpaired) electrons. The molecule has 4 aromatic rings. The van der Waals surface area contributed by atoms with Crippen molar-refractivity contribution in [2.75, 3.05) is 23.3 Å². The van der Waals surface area contributed by atoms with Gasteiger partial charge in [0.25, 0.3) is 11.8 Å². The Morgan fingerprint density at radius 2 is 1.84 bits per heavy atom. The fourth-order valence-corrected chi connectivity index (χ4v) is 6.67. The van der Waals surface area contributed by atoms with Crippen LogP contribution in [0.5, 0.6) is 11.5 Å².